The van der Waals surface area contributed by atoms with Crippen molar-refractivity contribution in [2.45, 2.75) is 116 Å². The molecule has 2 aromatic heterocycles. The van der Waals surface area contributed by atoms with E-state index >= 15 is 0 Å². The largest absolute Gasteiger partial charge is 0.444 e. The van der Waals surface area contributed by atoms with Crippen LogP contribution in [0.15, 0.2) is 47.1 Å². The summed E-state index contributed by atoms with van der Waals surface area (Å²) in [6.07, 6.45) is 4.30. The minimum atomic E-state index is -0.809. The standard InChI is InChI=1S/C40H57N7O7/c1-25(2)36(34-23-35(43-54-34)45-18-13-30(14-19-45)52-31-15-20-46(21-16-31)39(51)53-40(4,5)6)38(50)47-24-29(48)22-33(47)37(49)42-26(3)27-8-10-28(11-9-27)32-12-17-41-44(32)7/h8-12,17,23,25-26,29-31,33,36,48H,13-16,18-22,24H2,1-7H3,(H,42,49)/t26-,29+,33-,36?/m0/s1. The Balaban J connectivity index is 1.02. The highest BCUT2D eigenvalue weighted by molar-refractivity contribution is 5.91. The van der Waals surface area contributed by atoms with Crippen LogP contribution in [0, 0.1) is 5.92 Å². The van der Waals surface area contributed by atoms with E-state index in [1.165, 1.54) is 4.90 Å². The summed E-state index contributed by atoms with van der Waals surface area (Å²) in [5.74, 6) is -0.257. The lowest BCUT2D eigenvalue weighted by Crippen LogP contribution is -2.48. The molecule has 3 aromatic rings. The molecule has 54 heavy (non-hydrogen) atoms. The number of carbonyl (C=O) groups is 3. The summed E-state index contributed by atoms with van der Waals surface area (Å²) in [6.45, 7) is 14.2. The van der Waals surface area contributed by atoms with Gasteiger partial charge in [-0.25, -0.2) is 4.79 Å². The van der Waals surface area contributed by atoms with Crippen molar-refractivity contribution >= 4 is 23.7 Å². The van der Waals surface area contributed by atoms with Gasteiger partial charge in [-0.3, -0.25) is 14.3 Å². The molecule has 3 aliphatic heterocycles. The first-order valence-electron chi connectivity index (χ1n) is 19.4. The average Bonchev–Trinajstić information content (AvgIpc) is 3.88. The van der Waals surface area contributed by atoms with Crippen LogP contribution < -0.4 is 10.2 Å². The highest BCUT2D eigenvalue weighted by Crippen LogP contribution is 2.34. The molecule has 3 fully saturated rings. The van der Waals surface area contributed by atoms with E-state index in [1.54, 1.807) is 11.1 Å². The van der Waals surface area contributed by atoms with Crippen LogP contribution in [-0.2, 0) is 26.1 Å². The van der Waals surface area contributed by atoms with Crippen molar-refractivity contribution in [2.75, 3.05) is 37.6 Å². The lowest BCUT2D eigenvalue weighted by Gasteiger charge is -2.37. The number of benzene rings is 1. The molecule has 0 radical (unpaired) electrons. The fourth-order valence-corrected chi connectivity index (χ4v) is 7.78. The Labute approximate surface area is 318 Å². The van der Waals surface area contributed by atoms with Gasteiger partial charge in [-0.1, -0.05) is 43.3 Å². The molecule has 2 N–H and O–H groups in total. The normalized spacial score (nSPS) is 21.4. The van der Waals surface area contributed by atoms with Gasteiger partial charge < -0.3 is 39.1 Å². The number of nitrogens with zero attached hydrogens (tertiary/aromatic N) is 6. The van der Waals surface area contributed by atoms with Gasteiger partial charge in [0.1, 0.15) is 17.6 Å². The fraction of sp³-hybridized carbons (Fsp3) is 0.625. The first-order valence-corrected chi connectivity index (χ1v) is 19.4. The molecule has 294 valence electrons. The van der Waals surface area contributed by atoms with Gasteiger partial charge in [-0.05, 0) is 76.5 Å². The molecule has 1 aromatic carbocycles. The topological polar surface area (TPSA) is 156 Å². The molecule has 0 aliphatic carbocycles. The minimum absolute atomic E-state index is 0.0719. The van der Waals surface area contributed by atoms with E-state index in [9.17, 15) is 19.5 Å². The predicted octanol–water partition coefficient (Wildman–Crippen LogP) is 5.04. The van der Waals surface area contributed by atoms with Gasteiger partial charge in [0.15, 0.2) is 11.6 Å². The van der Waals surface area contributed by atoms with Crippen molar-refractivity contribution in [3.05, 3.63) is 53.9 Å². The zero-order valence-electron chi connectivity index (χ0n) is 32.7. The van der Waals surface area contributed by atoms with E-state index in [0.29, 0.717) is 24.7 Å². The molecule has 14 heteroatoms. The second-order valence-electron chi connectivity index (χ2n) is 16.4. The third kappa shape index (κ3) is 9.26. The Bertz CT molecular complexity index is 1730. The summed E-state index contributed by atoms with van der Waals surface area (Å²) in [5, 5.41) is 22.3. The quantitative estimate of drug-likeness (QED) is 0.288. The minimum Gasteiger partial charge on any atom is -0.444 e. The van der Waals surface area contributed by atoms with E-state index in [0.717, 1.165) is 55.6 Å². The van der Waals surface area contributed by atoms with Crippen molar-refractivity contribution < 1.29 is 33.5 Å². The Morgan fingerprint density at radius 2 is 1.61 bits per heavy atom. The van der Waals surface area contributed by atoms with Crippen LogP contribution in [0.1, 0.15) is 96.9 Å². The second-order valence-corrected chi connectivity index (χ2v) is 16.4. The number of rotatable bonds is 10. The maximum absolute atomic E-state index is 14.2. The summed E-state index contributed by atoms with van der Waals surface area (Å²) in [7, 11) is 1.89. The monoisotopic (exact) mass is 747 g/mol. The van der Waals surface area contributed by atoms with E-state index in [4.69, 9.17) is 14.0 Å². The van der Waals surface area contributed by atoms with Gasteiger partial charge in [0.2, 0.25) is 11.8 Å². The van der Waals surface area contributed by atoms with Crippen molar-refractivity contribution in [1.29, 1.82) is 0 Å². The van der Waals surface area contributed by atoms with Gasteiger partial charge in [0, 0.05) is 58.5 Å². The molecule has 6 rings (SSSR count). The van der Waals surface area contributed by atoms with Gasteiger partial charge in [0.25, 0.3) is 0 Å². The van der Waals surface area contributed by atoms with Gasteiger partial charge >= 0.3 is 6.09 Å². The van der Waals surface area contributed by atoms with Crippen molar-refractivity contribution in [3.8, 4) is 11.3 Å². The molecule has 3 aliphatic rings. The Hall–Kier alpha value is -4.43. The number of aliphatic hydroxyl groups is 1. The molecule has 3 saturated heterocycles. The third-order valence-electron chi connectivity index (χ3n) is 10.8. The number of hydrogen-bond acceptors (Lipinski definition) is 10. The number of β-amino-alcohol motifs (C(OH)–C–C–N with tert-alkyl or cyclic N) is 1. The molecule has 5 heterocycles. The lowest BCUT2D eigenvalue weighted by molar-refractivity contribution is -0.141. The Morgan fingerprint density at radius 1 is 0.963 bits per heavy atom. The fourth-order valence-electron chi connectivity index (χ4n) is 7.78. The SMILES string of the molecule is CC(C)C(C(=O)N1C[C@H](O)C[C@H]1C(=O)N[C@@H](C)c1ccc(-c2ccnn2C)cc1)c1cc(N2CCC(OC3CCN(C(=O)OC(C)(C)C)CC3)CC2)no1. The summed E-state index contributed by atoms with van der Waals surface area (Å²) in [4.78, 5) is 45.7. The number of aromatic nitrogens is 3. The molecule has 14 nitrogen and oxygen atoms in total. The number of nitrogens with one attached hydrogen (secondary N) is 1. The lowest BCUT2D eigenvalue weighted by atomic mass is 9.91. The molecule has 4 atom stereocenters. The summed E-state index contributed by atoms with van der Waals surface area (Å²) in [5.41, 5.74) is 2.43. The summed E-state index contributed by atoms with van der Waals surface area (Å²) >= 11 is 0. The zero-order valence-corrected chi connectivity index (χ0v) is 32.7. The number of ether oxygens (including phenoxy) is 2. The van der Waals surface area contributed by atoms with Crippen molar-refractivity contribution in [2.24, 2.45) is 13.0 Å². The van der Waals surface area contributed by atoms with Crippen molar-refractivity contribution in [3.63, 3.8) is 0 Å². The van der Waals surface area contributed by atoms with Crippen LogP contribution >= 0.6 is 0 Å². The maximum Gasteiger partial charge on any atom is 0.410 e. The van der Waals surface area contributed by atoms with E-state index in [2.05, 4.69) is 20.5 Å². The van der Waals surface area contributed by atoms with Gasteiger partial charge in [0.05, 0.1) is 30.0 Å². The van der Waals surface area contributed by atoms with Crippen LogP contribution in [-0.4, -0.2) is 110 Å². The highest BCUT2D eigenvalue weighted by Gasteiger charge is 2.44. The first-order chi connectivity index (χ1) is 25.7. The number of piperidine rings is 2. The molecule has 0 saturated carbocycles. The predicted molar refractivity (Wildman–Crippen MR) is 203 cm³/mol. The summed E-state index contributed by atoms with van der Waals surface area (Å²) in [6, 6.07) is 10.6. The first kappa shape index (κ1) is 39.3. The molecule has 0 spiro atoms. The highest BCUT2D eigenvalue weighted by atomic mass is 16.6. The van der Waals surface area contributed by atoms with Crippen LogP contribution in [0.25, 0.3) is 11.3 Å². The molecular formula is C40H57N7O7. The molecule has 3 amide bonds. The van der Waals surface area contributed by atoms with Gasteiger partial charge in [-0.2, -0.15) is 5.10 Å². The van der Waals surface area contributed by atoms with Crippen LogP contribution in [0.4, 0.5) is 10.6 Å². The maximum atomic E-state index is 14.2. The molecular weight excluding hydrogens is 690 g/mol. The Morgan fingerprint density at radius 3 is 2.20 bits per heavy atom. The summed E-state index contributed by atoms with van der Waals surface area (Å²) < 4.78 is 19.6. The third-order valence-corrected chi connectivity index (χ3v) is 10.8. The zero-order chi connectivity index (χ0) is 38.7. The van der Waals surface area contributed by atoms with E-state index in [1.807, 2.05) is 89.7 Å². The van der Waals surface area contributed by atoms with E-state index < -0.39 is 23.7 Å². The van der Waals surface area contributed by atoms with Crippen LogP contribution in [0.5, 0.6) is 0 Å². The van der Waals surface area contributed by atoms with Gasteiger partial charge in [-0.15, -0.1) is 0 Å². The number of anilines is 1. The van der Waals surface area contributed by atoms with Crippen LogP contribution in [0.3, 0.4) is 0 Å². The number of aryl methyl sites for hydroxylation is 1. The van der Waals surface area contributed by atoms with E-state index in [-0.39, 0.29) is 55.0 Å². The van der Waals surface area contributed by atoms with Crippen LogP contribution in [0.2, 0.25) is 0 Å². The number of likely N-dealkylation sites (tertiary alicyclic amines) is 2. The number of hydrogen-bond donors (Lipinski definition) is 2. The van der Waals surface area contributed by atoms with Crippen molar-refractivity contribution in [1.82, 2.24) is 30.1 Å². The number of aliphatic hydroxyl groups excluding tert-OH is 1. The number of amides is 3. The Kier molecular flexibility index (Phi) is 12.0. The average molecular weight is 748 g/mol. The number of carbonyl (C=O) groups excluding carboxylic acids is 3. The molecule has 1 unspecified atom stereocenters. The molecule has 0 bridgehead atoms. The smallest absolute Gasteiger partial charge is 0.410 e. The second kappa shape index (κ2) is 16.5.